The molecular formula is C20H15N5O4S. The first kappa shape index (κ1) is 18.3. The van der Waals surface area contributed by atoms with Gasteiger partial charge in [-0.3, -0.25) is 24.6 Å². The lowest BCUT2D eigenvalue weighted by Crippen LogP contribution is -2.28. The van der Waals surface area contributed by atoms with Crippen LogP contribution in [0.4, 0.5) is 5.95 Å². The van der Waals surface area contributed by atoms with E-state index in [1.54, 1.807) is 16.6 Å². The summed E-state index contributed by atoms with van der Waals surface area (Å²) in [6.07, 6.45) is 1.48. The summed E-state index contributed by atoms with van der Waals surface area (Å²) in [5, 5.41) is 6.94. The Hall–Kier alpha value is -3.79. The van der Waals surface area contributed by atoms with Gasteiger partial charge < -0.3 is 4.42 Å². The second kappa shape index (κ2) is 6.63. The molecule has 0 fully saturated rings. The molecule has 0 spiro atoms. The van der Waals surface area contributed by atoms with Gasteiger partial charge in [-0.1, -0.05) is 11.3 Å². The van der Waals surface area contributed by atoms with Crippen LogP contribution in [0, 0.1) is 13.8 Å². The number of aromatic nitrogens is 3. The summed E-state index contributed by atoms with van der Waals surface area (Å²) >= 11 is 1.48. The maximum Gasteiger partial charge on any atom is 0.261 e. The average molecular weight is 421 g/mol. The molecule has 10 heteroatoms. The fraction of sp³-hybridized carbons (Fsp3) is 0.150. The molecule has 9 nitrogen and oxygen atoms in total. The lowest BCUT2D eigenvalue weighted by atomic mass is 10.1. The van der Waals surface area contributed by atoms with E-state index < -0.39 is 17.7 Å². The van der Waals surface area contributed by atoms with Crippen LogP contribution in [-0.2, 0) is 6.54 Å². The van der Waals surface area contributed by atoms with E-state index in [0.717, 1.165) is 15.5 Å². The van der Waals surface area contributed by atoms with Gasteiger partial charge in [-0.15, -0.1) is 5.10 Å². The summed E-state index contributed by atoms with van der Waals surface area (Å²) in [5.41, 5.74) is 1.64. The Morgan fingerprint density at radius 1 is 1.17 bits per heavy atom. The number of hydrogen-bond acceptors (Lipinski definition) is 7. The molecule has 3 amide bonds. The summed E-state index contributed by atoms with van der Waals surface area (Å²) < 4.78 is 6.90. The number of anilines is 1. The maximum absolute atomic E-state index is 12.7. The predicted octanol–water partition coefficient (Wildman–Crippen LogP) is 3.05. The van der Waals surface area contributed by atoms with Gasteiger partial charge in [-0.05, 0) is 44.2 Å². The molecule has 0 unspecified atom stereocenters. The number of aryl methyl sites for hydroxylation is 2. The van der Waals surface area contributed by atoms with Crippen LogP contribution >= 0.6 is 11.3 Å². The van der Waals surface area contributed by atoms with Gasteiger partial charge in [0.1, 0.15) is 5.76 Å². The van der Waals surface area contributed by atoms with Crippen LogP contribution in [0.2, 0.25) is 0 Å². The van der Waals surface area contributed by atoms with E-state index in [1.807, 2.05) is 13.8 Å². The summed E-state index contributed by atoms with van der Waals surface area (Å²) in [5.74, 6) is -0.668. The molecule has 0 saturated carbocycles. The number of fused-ring (bicyclic) bond motifs is 2. The lowest BCUT2D eigenvalue weighted by molar-refractivity contribution is 0.0631. The number of nitrogens with one attached hydrogen (secondary N) is 1. The van der Waals surface area contributed by atoms with Crippen molar-refractivity contribution in [2.24, 2.45) is 0 Å². The minimum Gasteiger partial charge on any atom is -0.467 e. The fourth-order valence-electron chi connectivity index (χ4n) is 3.30. The van der Waals surface area contributed by atoms with Crippen molar-refractivity contribution in [2.75, 3.05) is 5.32 Å². The van der Waals surface area contributed by atoms with Crippen LogP contribution in [0.1, 0.15) is 47.4 Å². The smallest absolute Gasteiger partial charge is 0.261 e. The molecule has 0 saturated heterocycles. The van der Waals surface area contributed by atoms with Gasteiger partial charge in [0, 0.05) is 10.4 Å². The van der Waals surface area contributed by atoms with Crippen molar-refractivity contribution in [3.8, 4) is 0 Å². The zero-order valence-corrected chi connectivity index (χ0v) is 16.8. The molecule has 1 aromatic carbocycles. The van der Waals surface area contributed by atoms with Crippen molar-refractivity contribution >= 4 is 40.0 Å². The van der Waals surface area contributed by atoms with Crippen molar-refractivity contribution in [1.29, 1.82) is 0 Å². The van der Waals surface area contributed by atoms with Crippen molar-refractivity contribution in [2.45, 2.75) is 20.4 Å². The van der Waals surface area contributed by atoms with Crippen LogP contribution < -0.4 is 5.32 Å². The normalized spacial score (nSPS) is 13.3. The largest absolute Gasteiger partial charge is 0.467 e. The van der Waals surface area contributed by atoms with E-state index >= 15 is 0 Å². The predicted molar refractivity (Wildman–Crippen MR) is 108 cm³/mol. The lowest BCUT2D eigenvalue weighted by Gasteiger charge is -2.11. The fourth-order valence-corrected chi connectivity index (χ4v) is 4.21. The monoisotopic (exact) mass is 421 g/mol. The molecule has 150 valence electrons. The van der Waals surface area contributed by atoms with Gasteiger partial charge in [0.2, 0.25) is 4.96 Å². The van der Waals surface area contributed by atoms with Crippen molar-refractivity contribution in [3.63, 3.8) is 0 Å². The van der Waals surface area contributed by atoms with Crippen molar-refractivity contribution in [3.05, 3.63) is 69.6 Å². The van der Waals surface area contributed by atoms with Crippen LogP contribution in [-0.4, -0.2) is 37.2 Å². The maximum atomic E-state index is 12.7. The first-order valence-corrected chi connectivity index (χ1v) is 9.91. The zero-order valence-electron chi connectivity index (χ0n) is 16.0. The molecule has 5 rings (SSSR count). The molecule has 30 heavy (non-hydrogen) atoms. The summed E-state index contributed by atoms with van der Waals surface area (Å²) in [7, 11) is 0. The molecule has 1 aliphatic rings. The van der Waals surface area contributed by atoms with E-state index in [0.29, 0.717) is 10.7 Å². The van der Waals surface area contributed by atoms with E-state index in [9.17, 15) is 14.4 Å². The molecule has 0 radical (unpaired) electrons. The molecule has 0 bridgehead atoms. The van der Waals surface area contributed by atoms with E-state index in [4.69, 9.17) is 4.42 Å². The highest BCUT2D eigenvalue weighted by molar-refractivity contribution is 7.17. The van der Waals surface area contributed by atoms with Crippen LogP contribution in [0.25, 0.3) is 4.96 Å². The first-order chi connectivity index (χ1) is 14.4. The summed E-state index contributed by atoms with van der Waals surface area (Å²) in [4.78, 5) is 45.2. The number of benzene rings is 1. The Kier molecular flexibility index (Phi) is 4.03. The topological polar surface area (TPSA) is 110 Å². The van der Waals surface area contributed by atoms with Crippen LogP contribution in [0.5, 0.6) is 0 Å². The number of carbonyl (C=O) groups excluding carboxylic acids is 3. The number of hydrogen-bond donors (Lipinski definition) is 1. The number of amides is 3. The highest BCUT2D eigenvalue weighted by Crippen LogP contribution is 2.26. The van der Waals surface area contributed by atoms with Gasteiger partial charge in [0.15, 0.2) is 0 Å². The average Bonchev–Trinajstić information content (AvgIpc) is 3.48. The highest BCUT2D eigenvalue weighted by Gasteiger charge is 2.36. The Morgan fingerprint density at radius 3 is 2.70 bits per heavy atom. The number of thiazole rings is 1. The highest BCUT2D eigenvalue weighted by atomic mass is 32.1. The number of imide groups is 1. The van der Waals surface area contributed by atoms with Crippen molar-refractivity contribution in [1.82, 2.24) is 19.5 Å². The van der Waals surface area contributed by atoms with E-state index in [1.165, 1.54) is 35.8 Å². The number of furan rings is 1. The van der Waals surface area contributed by atoms with Crippen LogP contribution in [0.15, 0.2) is 41.0 Å². The minimum absolute atomic E-state index is 0.0367. The zero-order chi connectivity index (χ0) is 21.0. The molecular weight excluding hydrogens is 406 g/mol. The number of carbonyl (C=O) groups is 3. The molecule has 0 aliphatic carbocycles. The van der Waals surface area contributed by atoms with Crippen LogP contribution in [0.3, 0.4) is 0 Å². The quantitative estimate of drug-likeness (QED) is 0.507. The van der Waals surface area contributed by atoms with E-state index in [2.05, 4.69) is 15.4 Å². The second-order valence-electron chi connectivity index (χ2n) is 6.86. The third-order valence-electron chi connectivity index (χ3n) is 5.00. The third kappa shape index (κ3) is 2.80. The summed E-state index contributed by atoms with van der Waals surface area (Å²) in [6.45, 7) is 3.94. The Labute approximate surface area is 173 Å². The number of rotatable bonds is 4. The Morgan fingerprint density at radius 2 is 1.97 bits per heavy atom. The molecule has 4 aromatic rings. The molecule has 1 aliphatic heterocycles. The minimum atomic E-state index is -0.465. The first-order valence-electron chi connectivity index (χ1n) is 9.09. The van der Waals surface area contributed by atoms with E-state index in [-0.39, 0.29) is 29.2 Å². The van der Waals surface area contributed by atoms with Gasteiger partial charge in [-0.2, -0.15) is 4.98 Å². The van der Waals surface area contributed by atoms with Gasteiger partial charge in [-0.25, -0.2) is 4.52 Å². The standard InChI is InChI=1S/C20H15N5O4S/c1-10-11(2)30-20-22-19(23-25(10)20)21-16(26)12-5-6-14-15(8-12)18(28)24(17(14)27)9-13-4-3-7-29-13/h3-8H,9H2,1-2H3,(H,21,23,26). The Bertz CT molecular complexity index is 1330. The number of nitrogens with zero attached hydrogens (tertiary/aromatic N) is 4. The molecule has 0 atom stereocenters. The summed E-state index contributed by atoms with van der Waals surface area (Å²) in [6, 6.07) is 7.78. The van der Waals surface area contributed by atoms with Crippen molar-refractivity contribution < 1.29 is 18.8 Å². The molecule has 1 N–H and O–H groups in total. The third-order valence-corrected chi connectivity index (χ3v) is 6.05. The van der Waals surface area contributed by atoms with Gasteiger partial charge in [0.25, 0.3) is 23.7 Å². The molecule has 4 heterocycles. The Balaban J connectivity index is 1.39. The SMILES string of the molecule is Cc1sc2nc(NC(=O)c3ccc4c(c3)C(=O)N(Cc3ccco3)C4=O)nn2c1C. The van der Waals surface area contributed by atoms with Gasteiger partial charge >= 0.3 is 0 Å². The van der Waals surface area contributed by atoms with Gasteiger partial charge in [0.05, 0.1) is 29.6 Å². The second-order valence-corrected chi connectivity index (χ2v) is 8.05. The molecule has 3 aromatic heterocycles.